The van der Waals surface area contributed by atoms with Crippen LogP contribution in [0, 0.1) is 0 Å². The van der Waals surface area contributed by atoms with E-state index in [1.165, 1.54) is 0 Å². The van der Waals surface area contributed by atoms with Gasteiger partial charge in [-0.15, -0.1) is 0 Å². The second-order valence-corrected chi connectivity index (χ2v) is 9.26. The fourth-order valence-corrected chi connectivity index (χ4v) is 4.85. The second kappa shape index (κ2) is 10.3. The number of hydrogen-bond donors (Lipinski definition) is 0. The monoisotopic (exact) mass is 478 g/mol. The zero-order valence-electron chi connectivity index (χ0n) is 18.9. The zero-order chi connectivity index (χ0) is 23.9. The minimum atomic E-state index is -4.06. The molecule has 172 valence electrons. The van der Waals surface area contributed by atoms with Gasteiger partial charge in [0.05, 0.1) is 0 Å². The molecule has 5 aromatic carbocycles. The lowest BCUT2D eigenvalue weighted by molar-refractivity contribution is 0.298. The summed E-state index contributed by atoms with van der Waals surface area (Å²) in [7, 11) is -4.06. The van der Waals surface area contributed by atoms with E-state index in [0.717, 1.165) is 22.3 Å². The van der Waals surface area contributed by atoms with Crippen LogP contribution in [-0.2, 0) is 4.57 Å². The Balaban J connectivity index is 1.39. The van der Waals surface area contributed by atoms with E-state index in [-0.39, 0.29) is 0 Å². The minimum Gasteiger partial charge on any atom is -0.386 e. The Labute approximate surface area is 205 Å². The Bertz CT molecular complexity index is 1310. The van der Waals surface area contributed by atoms with Gasteiger partial charge in [0.1, 0.15) is 17.2 Å². The summed E-state index contributed by atoms with van der Waals surface area (Å²) in [5, 5.41) is 0. The summed E-state index contributed by atoms with van der Waals surface area (Å²) in [5.74, 6) is 1.15. The highest BCUT2D eigenvalue weighted by Crippen LogP contribution is 2.50. The van der Waals surface area contributed by atoms with Gasteiger partial charge < -0.3 is 13.6 Å². The number of rotatable bonds is 8. The molecule has 0 aliphatic carbocycles. The molecule has 0 N–H and O–H groups in total. The smallest absolute Gasteiger partial charge is 0.386 e. The largest absolute Gasteiger partial charge is 0.647 e. The lowest BCUT2D eigenvalue weighted by Gasteiger charge is -2.19. The van der Waals surface area contributed by atoms with Gasteiger partial charge in [0.15, 0.2) is 0 Å². The summed E-state index contributed by atoms with van der Waals surface area (Å²) in [5.41, 5.74) is 4.21. The van der Waals surface area contributed by atoms with E-state index in [1.807, 2.05) is 91.0 Å². The number of para-hydroxylation sites is 1. The first-order valence-corrected chi connectivity index (χ1v) is 12.7. The summed E-state index contributed by atoms with van der Waals surface area (Å²) >= 11 is 0. The van der Waals surface area contributed by atoms with E-state index < -0.39 is 7.82 Å². The standard InChI is InChI=1S/C30H23O4P/c31-35(32-28-14-8-3-9-15-28,33-29-20-16-26(17-21-29)24-10-4-1-5-11-24)34-30-22-18-27(19-23-30)25-12-6-2-7-13-25/h1-23H. The van der Waals surface area contributed by atoms with Crippen LogP contribution in [0.2, 0.25) is 0 Å². The highest BCUT2D eigenvalue weighted by molar-refractivity contribution is 7.49. The van der Waals surface area contributed by atoms with E-state index >= 15 is 0 Å². The molecule has 0 bridgehead atoms. The number of benzene rings is 5. The first-order valence-electron chi connectivity index (χ1n) is 11.2. The van der Waals surface area contributed by atoms with Crippen molar-refractivity contribution < 1.29 is 18.1 Å². The normalized spacial score (nSPS) is 11.0. The van der Waals surface area contributed by atoms with Gasteiger partial charge in [0.2, 0.25) is 0 Å². The third-order valence-corrected chi connectivity index (χ3v) is 6.62. The highest BCUT2D eigenvalue weighted by atomic mass is 31.2. The molecule has 0 aromatic heterocycles. The summed E-state index contributed by atoms with van der Waals surface area (Å²) in [6.07, 6.45) is 0. The molecule has 0 amide bonds. The van der Waals surface area contributed by atoms with Crippen LogP contribution in [-0.4, -0.2) is 0 Å². The van der Waals surface area contributed by atoms with Crippen molar-refractivity contribution in [3.8, 4) is 39.5 Å². The molecule has 35 heavy (non-hydrogen) atoms. The van der Waals surface area contributed by atoms with Gasteiger partial charge in [0, 0.05) is 0 Å². The molecule has 5 heteroatoms. The van der Waals surface area contributed by atoms with Crippen LogP contribution in [0.1, 0.15) is 0 Å². The molecular formula is C30H23O4P. The molecular weight excluding hydrogens is 455 g/mol. The molecule has 0 saturated heterocycles. The average molecular weight is 478 g/mol. The number of phosphoric acid groups is 1. The summed E-state index contributed by atoms with van der Waals surface area (Å²) < 4.78 is 31.2. The van der Waals surface area contributed by atoms with E-state index in [4.69, 9.17) is 13.6 Å². The Hall–Kier alpha value is -4.27. The van der Waals surface area contributed by atoms with Gasteiger partial charge in [-0.05, 0) is 58.7 Å². The van der Waals surface area contributed by atoms with Crippen LogP contribution in [0.25, 0.3) is 22.3 Å². The maximum Gasteiger partial charge on any atom is 0.647 e. The van der Waals surface area contributed by atoms with Gasteiger partial charge in [0.25, 0.3) is 0 Å². The quantitative estimate of drug-likeness (QED) is 0.209. The highest BCUT2D eigenvalue weighted by Gasteiger charge is 2.33. The van der Waals surface area contributed by atoms with Gasteiger partial charge in [-0.1, -0.05) is 103 Å². The Kier molecular flexibility index (Phi) is 6.65. The van der Waals surface area contributed by atoms with Gasteiger partial charge in [-0.2, -0.15) is 4.57 Å². The zero-order valence-corrected chi connectivity index (χ0v) is 19.8. The van der Waals surface area contributed by atoms with Crippen molar-refractivity contribution in [2.24, 2.45) is 0 Å². The molecule has 0 radical (unpaired) electrons. The molecule has 5 aromatic rings. The topological polar surface area (TPSA) is 44.8 Å². The van der Waals surface area contributed by atoms with E-state index in [1.54, 1.807) is 48.5 Å². The van der Waals surface area contributed by atoms with Crippen molar-refractivity contribution in [2.45, 2.75) is 0 Å². The second-order valence-electron chi connectivity index (χ2n) is 7.81. The summed E-state index contributed by atoms with van der Waals surface area (Å²) in [4.78, 5) is 0. The molecule has 0 aliphatic heterocycles. The Morgan fingerprint density at radius 1 is 0.343 bits per heavy atom. The van der Waals surface area contributed by atoms with Gasteiger partial charge in [-0.25, -0.2) is 0 Å². The van der Waals surface area contributed by atoms with Crippen molar-refractivity contribution in [1.29, 1.82) is 0 Å². The molecule has 0 spiro atoms. The maximum atomic E-state index is 13.8. The molecule has 0 fully saturated rings. The first kappa shape index (κ1) is 22.5. The van der Waals surface area contributed by atoms with Crippen LogP contribution < -0.4 is 13.6 Å². The molecule has 0 saturated carbocycles. The summed E-state index contributed by atoms with van der Waals surface area (Å²) in [6, 6.07) is 43.5. The molecule has 4 nitrogen and oxygen atoms in total. The number of hydrogen-bond acceptors (Lipinski definition) is 4. The number of phosphoric ester groups is 1. The predicted octanol–water partition coefficient (Wildman–Crippen LogP) is 8.67. The van der Waals surface area contributed by atoms with Crippen LogP contribution in [0.5, 0.6) is 17.2 Å². The molecule has 0 atom stereocenters. The SMILES string of the molecule is O=P(Oc1ccccc1)(Oc1ccc(-c2ccccc2)cc1)Oc1ccc(-c2ccccc2)cc1. The third-order valence-electron chi connectivity index (χ3n) is 5.32. The van der Waals surface area contributed by atoms with E-state index in [2.05, 4.69) is 0 Å². The molecule has 0 heterocycles. The van der Waals surface area contributed by atoms with Crippen LogP contribution in [0.4, 0.5) is 0 Å². The van der Waals surface area contributed by atoms with Crippen molar-refractivity contribution in [1.82, 2.24) is 0 Å². The predicted molar refractivity (Wildman–Crippen MR) is 140 cm³/mol. The van der Waals surface area contributed by atoms with E-state index in [0.29, 0.717) is 17.2 Å². The van der Waals surface area contributed by atoms with Crippen molar-refractivity contribution in [2.75, 3.05) is 0 Å². The maximum absolute atomic E-state index is 13.8. The fourth-order valence-electron chi connectivity index (χ4n) is 3.60. The molecule has 0 unspecified atom stereocenters. The summed E-state index contributed by atoms with van der Waals surface area (Å²) in [6.45, 7) is 0. The van der Waals surface area contributed by atoms with Gasteiger partial charge >= 0.3 is 7.82 Å². The van der Waals surface area contributed by atoms with Crippen LogP contribution in [0.3, 0.4) is 0 Å². The van der Waals surface area contributed by atoms with Crippen molar-refractivity contribution in [3.05, 3.63) is 140 Å². The minimum absolute atomic E-state index is 0.379. The first-order chi connectivity index (χ1) is 17.2. The van der Waals surface area contributed by atoms with Crippen LogP contribution >= 0.6 is 7.82 Å². The molecule has 0 aliphatic rings. The lowest BCUT2D eigenvalue weighted by Crippen LogP contribution is -2.07. The fraction of sp³-hybridized carbons (Fsp3) is 0. The van der Waals surface area contributed by atoms with Crippen molar-refractivity contribution >= 4 is 7.82 Å². The van der Waals surface area contributed by atoms with E-state index in [9.17, 15) is 4.57 Å². The van der Waals surface area contributed by atoms with Gasteiger partial charge in [-0.3, -0.25) is 0 Å². The average Bonchev–Trinajstić information content (AvgIpc) is 2.91. The Morgan fingerprint density at radius 3 is 1.00 bits per heavy atom. The van der Waals surface area contributed by atoms with Crippen LogP contribution in [0.15, 0.2) is 140 Å². The third kappa shape index (κ3) is 5.81. The lowest BCUT2D eigenvalue weighted by atomic mass is 10.1. The molecule has 5 rings (SSSR count). The van der Waals surface area contributed by atoms with Crippen molar-refractivity contribution in [3.63, 3.8) is 0 Å². The Morgan fingerprint density at radius 2 is 0.629 bits per heavy atom.